The fourth-order valence-corrected chi connectivity index (χ4v) is 3.01. The van der Waals surface area contributed by atoms with E-state index >= 15 is 0 Å². The molecule has 0 radical (unpaired) electrons. The van der Waals surface area contributed by atoms with Gasteiger partial charge in [0.15, 0.2) is 5.65 Å². The van der Waals surface area contributed by atoms with Gasteiger partial charge in [-0.25, -0.2) is 4.79 Å². The van der Waals surface area contributed by atoms with Crippen molar-refractivity contribution in [3.05, 3.63) is 29.7 Å². The van der Waals surface area contributed by atoms with E-state index in [0.717, 1.165) is 12.2 Å². The highest BCUT2D eigenvalue weighted by Gasteiger charge is 2.31. The van der Waals surface area contributed by atoms with Gasteiger partial charge < -0.3 is 15.1 Å². The van der Waals surface area contributed by atoms with Crippen LogP contribution in [0.1, 0.15) is 35.4 Å². The van der Waals surface area contributed by atoms with Crippen molar-refractivity contribution < 1.29 is 9.59 Å². The molecule has 1 aliphatic heterocycles. The van der Waals surface area contributed by atoms with Crippen LogP contribution in [0.25, 0.3) is 5.65 Å². The summed E-state index contributed by atoms with van der Waals surface area (Å²) in [5.74, 6) is 0.800. The average Bonchev–Trinajstić information content (AvgIpc) is 3.20. The number of nitrogens with zero attached hydrogens (tertiary/aromatic N) is 5. The molecule has 0 bridgehead atoms. The van der Waals surface area contributed by atoms with Crippen LogP contribution in [0.2, 0.25) is 0 Å². The van der Waals surface area contributed by atoms with Crippen LogP contribution >= 0.6 is 0 Å². The van der Waals surface area contributed by atoms with Crippen molar-refractivity contribution in [1.82, 2.24) is 29.7 Å². The minimum Gasteiger partial charge on any atom is -0.352 e. The first-order chi connectivity index (χ1) is 11.5. The van der Waals surface area contributed by atoms with Crippen molar-refractivity contribution in [2.45, 2.75) is 19.3 Å². The molecule has 128 valence electrons. The lowest BCUT2D eigenvalue weighted by atomic mass is 10.1. The lowest BCUT2D eigenvalue weighted by Crippen LogP contribution is -2.37. The number of rotatable bonds is 3. The van der Waals surface area contributed by atoms with Crippen molar-refractivity contribution in [1.29, 1.82) is 0 Å². The minimum atomic E-state index is -0.116. The number of carbonyl (C=O) groups is 2. The third-order valence-electron chi connectivity index (χ3n) is 4.23. The Bertz CT molecular complexity index is 769. The molecule has 24 heavy (non-hydrogen) atoms. The first kappa shape index (κ1) is 16.2. The molecule has 8 nitrogen and oxygen atoms in total. The Morgan fingerprint density at radius 3 is 2.83 bits per heavy atom. The monoisotopic (exact) mass is 330 g/mol. The second kappa shape index (κ2) is 6.46. The number of hydrogen-bond acceptors (Lipinski definition) is 4. The average molecular weight is 330 g/mol. The van der Waals surface area contributed by atoms with E-state index in [9.17, 15) is 9.59 Å². The molecule has 2 aromatic heterocycles. The molecule has 1 saturated heterocycles. The summed E-state index contributed by atoms with van der Waals surface area (Å²) < 4.78 is 1.86. The molecule has 3 rings (SSSR count). The molecule has 3 heterocycles. The van der Waals surface area contributed by atoms with Gasteiger partial charge in [-0.3, -0.25) is 9.20 Å². The second-order valence-electron chi connectivity index (χ2n) is 6.17. The molecule has 0 aliphatic carbocycles. The van der Waals surface area contributed by atoms with Gasteiger partial charge in [0.05, 0.1) is 5.56 Å². The van der Waals surface area contributed by atoms with E-state index in [-0.39, 0.29) is 17.9 Å². The minimum absolute atomic E-state index is 0.00864. The number of fused-ring (bicyclic) bond motifs is 1. The van der Waals surface area contributed by atoms with Gasteiger partial charge in [-0.15, -0.1) is 10.2 Å². The first-order valence-corrected chi connectivity index (χ1v) is 8.10. The predicted molar refractivity (Wildman–Crippen MR) is 89.0 cm³/mol. The summed E-state index contributed by atoms with van der Waals surface area (Å²) in [5, 5.41) is 11.3. The number of nitrogens with one attached hydrogen (secondary N) is 1. The van der Waals surface area contributed by atoms with E-state index < -0.39 is 0 Å². The molecule has 1 atom stereocenters. The van der Waals surface area contributed by atoms with Crippen LogP contribution in [-0.2, 0) is 0 Å². The smallest absolute Gasteiger partial charge is 0.319 e. The van der Waals surface area contributed by atoms with Gasteiger partial charge in [0.1, 0.15) is 5.82 Å². The zero-order chi connectivity index (χ0) is 17.3. The van der Waals surface area contributed by atoms with Crippen molar-refractivity contribution in [2.75, 3.05) is 33.7 Å². The summed E-state index contributed by atoms with van der Waals surface area (Å²) in [7, 11) is 3.50. The Labute approximate surface area is 140 Å². The lowest BCUT2D eigenvalue weighted by molar-refractivity contribution is 0.0955. The van der Waals surface area contributed by atoms with Gasteiger partial charge in [0.2, 0.25) is 0 Å². The van der Waals surface area contributed by atoms with Crippen LogP contribution in [0.15, 0.2) is 18.3 Å². The maximum Gasteiger partial charge on any atom is 0.319 e. The summed E-state index contributed by atoms with van der Waals surface area (Å²) in [4.78, 5) is 27.5. The first-order valence-electron chi connectivity index (χ1n) is 8.10. The van der Waals surface area contributed by atoms with E-state index in [1.807, 2.05) is 16.2 Å². The predicted octanol–water partition coefficient (Wildman–Crippen LogP) is 0.950. The normalized spacial score (nSPS) is 17.3. The van der Waals surface area contributed by atoms with Crippen LogP contribution in [-0.4, -0.2) is 70.1 Å². The fraction of sp³-hybridized carbons (Fsp3) is 0.500. The highest BCUT2D eigenvalue weighted by atomic mass is 16.2. The molecule has 1 aliphatic rings. The van der Waals surface area contributed by atoms with E-state index in [1.165, 1.54) is 0 Å². The van der Waals surface area contributed by atoms with Gasteiger partial charge in [0.25, 0.3) is 5.91 Å². The molecular weight excluding hydrogens is 308 g/mol. The highest BCUT2D eigenvalue weighted by Crippen LogP contribution is 2.27. The molecule has 1 fully saturated rings. The quantitative estimate of drug-likeness (QED) is 0.908. The fourth-order valence-electron chi connectivity index (χ4n) is 3.01. The SMILES string of the molecule is CCNC(=O)c1ccc2nnc([C@@H]3CCN(C(=O)N(C)C)C3)n2c1. The van der Waals surface area contributed by atoms with Crippen LogP contribution in [0.4, 0.5) is 4.79 Å². The van der Waals surface area contributed by atoms with Gasteiger partial charge in [-0.2, -0.15) is 0 Å². The van der Waals surface area contributed by atoms with E-state index in [4.69, 9.17) is 0 Å². The maximum absolute atomic E-state index is 12.1. The van der Waals surface area contributed by atoms with Crippen molar-refractivity contribution in [3.63, 3.8) is 0 Å². The zero-order valence-electron chi connectivity index (χ0n) is 14.2. The Hall–Kier alpha value is -2.64. The number of pyridine rings is 1. The summed E-state index contributed by atoms with van der Waals surface area (Å²) >= 11 is 0. The summed E-state index contributed by atoms with van der Waals surface area (Å²) in [6.45, 7) is 3.78. The zero-order valence-corrected chi connectivity index (χ0v) is 14.2. The standard InChI is InChI=1S/C16H22N6O2/c1-4-17-15(23)12-5-6-13-18-19-14(22(13)10-12)11-7-8-21(9-11)16(24)20(2)3/h5-6,10-11H,4,7-9H2,1-3H3,(H,17,23)/t11-/m1/s1. The molecule has 0 unspecified atom stereocenters. The number of likely N-dealkylation sites (tertiary alicyclic amines) is 1. The van der Waals surface area contributed by atoms with Crippen LogP contribution in [0.5, 0.6) is 0 Å². The number of urea groups is 1. The highest BCUT2D eigenvalue weighted by molar-refractivity contribution is 5.94. The molecule has 3 amide bonds. The van der Waals surface area contributed by atoms with E-state index in [1.54, 1.807) is 37.3 Å². The topological polar surface area (TPSA) is 82.8 Å². The Balaban J connectivity index is 1.86. The number of aromatic nitrogens is 3. The molecule has 0 spiro atoms. The van der Waals surface area contributed by atoms with Crippen molar-refractivity contribution in [3.8, 4) is 0 Å². The number of carbonyl (C=O) groups excluding carboxylic acids is 2. The number of hydrogen-bond donors (Lipinski definition) is 1. The van der Waals surface area contributed by atoms with E-state index in [2.05, 4.69) is 15.5 Å². The molecular formula is C16H22N6O2. The Kier molecular flexibility index (Phi) is 4.37. The molecule has 0 saturated carbocycles. The van der Waals surface area contributed by atoms with Crippen molar-refractivity contribution in [2.24, 2.45) is 0 Å². The van der Waals surface area contributed by atoms with Crippen LogP contribution < -0.4 is 5.32 Å². The largest absolute Gasteiger partial charge is 0.352 e. The summed E-state index contributed by atoms with van der Waals surface area (Å²) in [6, 6.07) is 3.54. The van der Waals surface area contributed by atoms with Gasteiger partial charge in [-0.1, -0.05) is 0 Å². The Morgan fingerprint density at radius 1 is 1.33 bits per heavy atom. The third-order valence-corrected chi connectivity index (χ3v) is 4.23. The molecule has 0 aromatic carbocycles. The maximum atomic E-state index is 12.1. The summed E-state index contributed by atoms with van der Waals surface area (Å²) in [6.07, 6.45) is 2.61. The van der Waals surface area contributed by atoms with Gasteiger partial charge in [-0.05, 0) is 25.5 Å². The van der Waals surface area contributed by atoms with Crippen LogP contribution in [0.3, 0.4) is 0 Å². The van der Waals surface area contributed by atoms with Gasteiger partial charge in [0, 0.05) is 45.8 Å². The van der Waals surface area contributed by atoms with Gasteiger partial charge >= 0.3 is 6.03 Å². The summed E-state index contributed by atoms with van der Waals surface area (Å²) in [5.41, 5.74) is 1.28. The molecule has 2 aromatic rings. The van der Waals surface area contributed by atoms with Crippen LogP contribution in [0, 0.1) is 0 Å². The lowest BCUT2D eigenvalue weighted by Gasteiger charge is -2.21. The third kappa shape index (κ3) is 2.91. The van der Waals surface area contributed by atoms with E-state index in [0.29, 0.717) is 30.8 Å². The Morgan fingerprint density at radius 2 is 2.12 bits per heavy atom. The molecule has 1 N–H and O–H groups in total. The number of amides is 3. The van der Waals surface area contributed by atoms with Crippen molar-refractivity contribution >= 4 is 17.6 Å². The second-order valence-corrected chi connectivity index (χ2v) is 6.17. The molecule has 8 heteroatoms.